The van der Waals surface area contributed by atoms with E-state index in [1.54, 1.807) is 32.2 Å². The number of halogens is 3. The van der Waals surface area contributed by atoms with Crippen molar-refractivity contribution in [2.75, 3.05) is 37.0 Å². The molecule has 1 atom stereocenters. The fourth-order valence-corrected chi connectivity index (χ4v) is 4.22. The monoisotopic (exact) mass is 548 g/mol. The molecule has 0 bridgehead atoms. The average Bonchev–Trinajstić information content (AvgIpc) is 3.57. The number of aromatic nitrogens is 2. The number of nitrogens with two attached hydrogens (primary N) is 1. The number of carbonyl (C=O) groups excluding carboxylic acids is 1. The molecule has 1 amide bonds. The standard InChI is InChI=1S/C26H31F3N6O2.CH4O/c1-25(2,37)18-8-9-35(15-18)19-10-22(23(32-14-19)26(27,28)29)34-24(36)21-5-3-4-20(33-21)17(11-30)13-31-12-16-6-7-16;1-2/h3-5,10-11,13-14,16,18,37H,6-9,12,15,30H2,1-2H3,(H,34,36);2H,1H3/b17-11+,31-13?;. The molecular weight excluding hydrogens is 513 g/mol. The van der Waals surface area contributed by atoms with Crippen molar-refractivity contribution in [2.24, 2.45) is 22.6 Å². The minimum Gasteiger partial charge on any atom is -0.404 e. The number of aliphatic hydroxyl groups excluding tert-OH is 1. The molecule has 212 valence electrons. The molecule has 2 aromatic rings. The lowest BCUT2D eigenvalue weighted by Crippen LogP contribution is -2.33. The van der Waals surface area contributed by atoms with Gasteiger partial charge in [0.1, 0.15) is 5.69 Å². The van der Waals surface area contributed by atoms with Crippen LogP contribution in [0.5, 0.6) is 0 Å². The number of hydrogen-bond donors (Lipinski definition) is 4. The molecule has 12 heteroatoms. The fraction of sp³-hybridized carbons (Fsp3) is 0.481. The summed E-state index contributed by atoms with van der Waals surface area (Å²) in [6.07, 6.45) is 2.28. The van der Waals surface area contributed by atoms with Crippen LogP contribution in [0.4, 0.5) is 24.5 Å². The maximum atomic E-state index is 13.7. The van der Waals surface area contributed by atoms with Crippen LogP contribution >= 0.6 is 0 Å². The van der Waals surface area contributed by atoms with E-state index in [9.17, 15) is 23.1 Å². The summed E-state index contributed by atoms with van der Waals surface area (Å²) in [6.45, 7) is 5.13. The predicted molar refractivity (Wildman–Crippen MR) is 144 cm³/mol. The van der Waals surface area contributed by atoms with E-state index < -0.39 is 29.1 Å². The minimum absolute atomic E-state index is 0.0441. The Morgan fingerprint density at radius 3 is 2.51 bits per heavy atom. The van der Waals surface area contributed by atoms with E-state index in [1.807, 2.05) is 4.90 Å². The topological polar surface area (TPSA) is 137 Å². The summed E-state index contributed by atoms with van der Waals surface area (Å²) in [5.41, 5.74) is 4.38. The predicted octanol–water partition coefficient (Wildman–Crippen LogP) is 3.73. The second-order valence-electron chi connectivity index (χ2n) is 10.1. The molecule has 1 unspecified atom stereocenters. The number of rotatable bonds is 8. The Labute approximate surface area is 225 Å². The third kappa shape index (κ3) is 7.99. The molecule has 0 aromatic carbocycles. The maximum absolute atomic E-state index is 13.7. The zero-order chi connectivity index (χ0) is 28.8. The van der Waals surface area contributed by atoms with Crippen LogP contribution in [-0.4, -0.2) is 64.6 Å². The van der Waals surface area contributed by atoms with E-state index in [0.29, 0.717) is 48.9 Å². The summed E-state index contributed by atoms with van der Waals surface area (Å²) < 4.78 is 41.1. The molecular formula is C27H35F3N6O3. The van der Waals surface area contributed by atoms with E-state index in [0.717, 1.165) is 26.1 Å². The van der Waals surface area contributed by atoms with E-state index in [4.69, 9.17) is 10.8 Å². The molecule has 2 fully saturated rings. The van der Waals surface area contributed by atoms with Gasteiger partial charge in [-0.25, -0.2) is 9.97 Å². The second kappa shape index (κ2) is 12.6. The van der Waals surface area contributed by atoms with Crippen LogP contribution in [0, 0.1) is 11.8 Å². The van der Waals surface area contributed by atoms with E-state index in [2.05, 4.69) is 20.3 Å². The molecule has 1 saturated heterocycles. The number of aliphatic imine (C=N–C) groups is 1. The van der Waals surface area contributed by atoms with Gasteiger partial charge >= 0.3 is 6.18 Å². The summed E-state index contributed by atoms with van der Waals surface area (Å²) in [5.74, 6) is -0.264. The van der Waals surface area contributed by atoms with Gasteiger partial charge < -0.3 is 26.2 Å². The Morgan fingerprint density at radius 2 is 1.92 bits per heavy atom. The van der Waals surface area contributed by atoms with Crippen molar-refractivity contribution in [1.29, 1.82) is 0 Å². The molecule has 39 heavy (non-hydrogen) atoms. The van der Waals surface area contributed by atoms with Crippen LogP contribution < -0.4 is 16.0 Å². The van der Waals surface area contributed by atoms with Gasteiger partial charge in [0, 0.05) is 50.6 Å². The Kier molecular flexibility index (Phi) is 9.68. The Balaban J connectivity index is 0.00000205. The van der Waals surface area contributed by atoms with Gasteiger partial charge in [0.05, 0.1) is 28.9 Å². The minimum atomic E-state index is -4.77. The first-order valence-electron chi connectivity index (χ1n) is 12.7. The van der Waals surface area contributed by atoms with Crippen LogP contribution in [0.15, 0.2) is 41.7 Å². The van der Waals surface area contributed by atoms with Gasteiger partial charge in [-0.3, -0.25) is 9.79 Å². The summed E-state index contributed by atoms with van der Waals surface area (Å²) in [6, 6.07) is 5.90. The van der Waals surface area contributed by atoms with Crippen molar-refractivity contribution < 1.29 is 28.2 Å². The molecule has 5 N–H and O–H groups in total. The number of nitrogens with one attached hydrogen (secondary N) is 1. The first-order chi connectivity index (χ1) is 18.5. The molecule has 3 heterocycles. The van der Waals surface area contributed by atoms with Crippen molar-refractivity contribution in [2.45, 2.75) is 44.9 Å². The number of alkyl halides is 3. The highest BCUT2D eigenvalue weighted by atomic mass is 19.4. The molecule has 2 aromatic heterocycles. The van der Waals surface area contributed by atoms with Gasteiger partial charge in [-0.15, -0.1) is 0 Å². The molecule has 2 aliphatic rings. The summed E-state index contributed by atoms with van der Waals surface area (Å²) in [4.78, 5) is 27.1. The van der Waals surface area contributed by atoms with Crippen LogP contribution in [0.3, 0.4) is 0 Å². The van der Waals surface area contributed by atoms with Crippen LogP contribution in [0.2, 0.25) is 0 Å². The smallest absolute Gasteiger partial charge is 0.404 e. The van der Waals surface area contributed by atoms with Gasteiger partial charge in [0.25, 0.3) is 5.91 Å². The molecule has 9 nitrogen and oxygen atoms in total. The van der Waals surface area contributed by atoms with Crippen molar-refractivity contribution in [3.63, 3.8) is 0 Å². The Bertz CT molecular complexity index is 1210. The van der Waals surface area contributed by atoms with Gasteiger partial charge in [0.15, 0.2) is 5.69 Å². The van der Waals surface area contributed by atoms with Crippen molar-refractivity contribution in [3.05, 3.63) is 53.7 Å². The third-order valence-corrected chi connectivity index (χ3v) is 6.69. The molecule has 4 rings (SSSR count). The molecule has 0 radical (unpaired) electrons. The number of anilines is 2. The number of aliphatic hydroxyl groups is 2. The van der Waals surface area contributed by atoms with Crippen molar-refractivity contribution in [1.82, 2.24) is 9.97 Å². The number of carbonyl (C=O) groups is 1. The van der Waals surface area contributed by atoms with E-state index >= 15 is 0 Å². The number of nitrogens with zero attached hydrogens (tertiary/aromatic N) is 4. The summed E-state index contributed by atoms with van der Waals surface area (Å²) in [7, 11) is 1.00. The molecule has 1 aliphatic heterocycles. The highest BCUT2D eigenvalue weighted by Gasteiger charge is 2.38. The average molecular weight is 549 g/mol. The van der Waals surface area contributed by atoms with E-state index in [-0.39, 0.29) is 11.6 Å². The number of hydrogen-bond acceptors (Lipinski definition) is 8. The first-order valence-corrected chi connectivity index (χ1v) is 12.7. The molecule has 0 spiro atoms. The van der Waals surface area contributed by atoms with Gasteiger partial charge in [-0.05, 0) is 57.2 Å². The fourth-order valence-electron chi connectivity index (χ4n) is 4.22. The zero-order valence-electron chi connectivity index (χ0n) is 22.2. The summed E-state index contributed by atoms with van der Waals surface area (Å²) >= 11 is 0. The SMILES string of the molecule is CC(C)(O)C1CCN(c2cnc(C(F)(F)F)c(NC(=O)c3cccc(/C(C=NCC4CC4)=C/N)n3)c2)C1.CO. The second-order valence-corrected chi connectivity index (χ2v) is 10.1. The summed E-state index contributed by atoms with van der Waals surface area (Å²) in [5, 5.41) is 19.7. The Hall–Kier alpha value is -3.51. The van der Waals surface area contributed by atoms with Crippen LogP contribution in [0.25, 0.3) is 5.57 Å². The first kappa shape index (κ1) is 30.0. The number of allylic oxidation sites excluding steroid dienone is 1. The molecule has 1 aliphatic carbocycles. The molecule has 1 saturated carbocycles. The third-order valence-electron chi connectivity index (χ3n) is 6.69. The van der Waals surface area contributed by atoms with Gasteiger partial charge in [0.2, 0.25) is 0 Å². The normalized spacial score (nSPS) is 18.2. The highest BCUT2D eigenvalue weighted by molar-refractivity contribution is 6.09. The van der Waals surface area contributed by atoms with Crippen LogP contribution in [0.1, 0.15) is 55.0 Å². The van der Waals surface area contributed by atoms with Gasteiger partial charge in [-0.2, -0.15) is 13.2 Å². The lowest BCUT2D eigenvalue weighted by molar-refractivity contribution is -0.140. The largest absolute Gasteiger partial charge is 0.435 e. The van der Waals surface area contributed by atoms with E-state index in [1.165, 1.54) is 18.3 Å². The van der Waals surface area contributed by atoms with Crippen molar-refractivity contribution >= 4 is 29.1 Å². The van der Waals surface area contributed by atoms with Crippen LogP contribution in [-0.2, 0) is 6.18 Å². The quantitative estimate of drug-likeness (QED) is 0.369. The number of pyridine rings is 2. The number of amides is 1. The lowest BCUT2D eigenvalue weighted by Gasteiger charge is -2.26. The van der Waals surface area contributed by atoms with Gasteiger partial charge in [-0.1, -0.05) is 6.07 Å². The maximum Gasteiger partial charge on any atom is 0.435 e. The zero-order valence-corrected chi connectivity index (χ0v) is 22.2. The lowest BCUT2D eigenvalue weighted by atomic mass is 9.90. The Morgan fingerprint density at radius 1 is 1.23 bits per heavy atom. The van der Waals surface area contributed by atoms with Crippen molar-refractivity contribution in [3.8, 4) is 0 Å². The highest BCUT2D eigenvalue weighted by Crippen LogP contribution is 2.37.